The van der Waals surface area contributed by atoms with Gasteiger partial charge in [0.25, 0.3) is 11.8 Å². The van der Waals surface area contributed by atoms with Gasteiger partial charge in [-0.25, -0.2) is 13.2 Å². The summed E-state index contributed by atoms with van der Waals surface area (Å²) in [5.74, 6) is -1.68. The van der Waals surface area contributed by atoms with E-state index in [1.54, 1.807) is 37.3 Å². The molecule has 2 aromatic rings. The smallest absolute Gasteiger partial charge is 0.338 e. The highest BCUT2D eigenvalue weighted by Crippen LogP contribution is 2.24. The Balaban J connectivity index is 1.40. The molecule has 2 amide bonds. The van der Waals surface area contributed by atoms with Crippen molar-refractivity contribution in [3.8, 4) is 0 Å². The van der Waals surface area contributed by atoms with Crippen LogP contribution in [0.25, 0.3) is 0 Å². The van der Waals surface area contributed by atoms with Crippen LogP contribution in [0.2, 0.25) is 0 Å². The molecule has 10 heteroatoms. The maximum Gasteiger partial charge on any atom is 0.338 e. The van der Waals surface area contributed by atoms with Crippen molar-refractivity contribution in [1.82, 2.24) is 9.62 Å². The second kappa shape index (κ2) is 10.6. The first-order valence-electron chi connectivity index (χ1n) is 11.7. The number of hydrogen-bond acceptors (Lipinski definition) is 6. The number of nitrogens with one attached hydrogen (secondary N) is 2. The lowest BCUT2D eigenvalue weighted by Crippen LogP contribution is -2.35. The van der Waals surface area contributed by atoms with Crippen molar-refractivity contribution in [2.45, 2.75) is 50.0 Å². The van der Waals surface area contributed by atoms with E-state index >= 15 is 0 Å². The molecule has 1 aliphatic carbocycles. The zero-order chi connectivity index (χ0) is 25.0. The Labute approximate surface area is 204 Å². The Hall–Kier alpha value is -3.24. The van der Waals surface area contributed by atoms with E-state index in [4.69, 9.17) is 4.74 Å². The summed E-state index contributed by atoms with van der Waals surface area (Å²) in [5, 5.41) is 5.48. The molecule has 1 aliphatic heterocycles. The molecule has 2 N–H and O–H groups in total. The van der Waals surface area contributed by atoms with Crippen LogP contribution in [0.3, 0.4) is 0 Å². The first kappa shape index (κ1) is 24.9. The topological polar surface area (TPSA) is 122 Å². The van der Waals surface area contributed by atoms with E-state index in [-0.39, 0.29) is 22.4 Å². The van der Waals surface area contributed by atoms with Crippen molar-refractivity contribution in [3.63, 3.8) is 0 Å². The number of para-hydroxylation sites is 1. The molecule has 0 aromatic heterocycles. The van der Waals surface area contributed by atoms with Gasteiger partial charge in [0, 0.05) is 19.1 Å². The predicted octanol–water partition coefficient (Wildman–Crippen LogP) is 2.86. The number of benzene rings is 2. The second-order valence-electron chi connectivity index (χ2n) is 8.86. The molecule has 1 heterocycles. The summed E-state index contributed by atoms with van der Waals surface area (Å²) in [5.41, 5.74) is 1.26. The summed E-state index contributed by atoms with van der Waals surface area (Å²) >= 11 is 0. The van der Waals surface area contributed by atoms with E-state index < -0.39 is 28.5 Å². The van der Waals surface area contributed by atoms with Crippen molar-refractivity contribution in [2.24, 2.45) is 0 Å². The van der Waals surface area contributed by atoms with Crippen molar-refractivity contribution in [1.29, 1.82) is 0 Å². The fourth-order valence-corrected chi connectivity index (χ4v) is 5.46. The van der Waals surface area contributed by atoms with Crippen LogP contribution < -0.4 is 10.6 Å². The molecular formula is C25H29N3O6S. The molecule has 2 aromatic carbocycles. The number of aryl methyl sites for hydroxylation is 1. The van der Waals surface area contributed by atoms with Crippen LogP contribution in [-0.2, 0) is 19.6 Å². The molecule has 2 aliphatic rings. The predicted molar refractivity (Wildman–Crippen MR) is 130 cm³/mol. The normalized spacial score (nSPS) is 16.4. The van der Waals surface area contributed by atoms with Crippen LogP contribution in [0.15, 0.2) is 47.4 Å². The molecule has 0 bridgehead atoms. The second-order valence-corrected chi connectivity index (χ2v) is 10.8. The molecule has 0 radical (unpaired) electrons. The van der Waals surface area contributed by atoms with Crippen molar-refractivity contribution >= 4 is 33.5 Å². The Morgan fingerprint density at radius 1 is 1.00 bits per heavy atom. The molecule has 2 fully saturated rings. The third-order valence-electron chi connectivity index (χ3n) is 6.07. The summed E-state index contributed by atoms with van der Waals surface area (Å²) in [7, 11) is -3.72. The third kappa shape index (κ3) is 6.07. The van der Waals surface area contributed by atoms with Crippen LogP contribution >= 0.6 is 0 Å². The van der Waals surface area contributed by atoms with Crippen LogP contribution in [0, 0.1) is 6.92 Å². The van der Waals surface area contributed by atoms with Crippen LogP contribution in [0.1, 0.15) is 58.4 Å². The largest absolute Gasteiger partial charge is 0.452 e. The number of anilines is 1. The van der Waals surface area contributed by atoms with Crippen molar-refractivity contribution < 1.29 is 27.5 Å². The number of hydrogen-bond donors (Lipinski definition) is 2. The van der Waals surface area contributed by atoms with Gasteiger partial charge in [0.15, 0.2) is 6.61 Å². The maximum atomic E-state index is 13.0. The lowest BCUT2D eigenvalue weighted by atomic mass is 10.1. The van der Waals surface area contributed by atoms with Gasteiger partial charge in [-0.2, -0.15) is 4.31 Å². The number of amides is 2. The molecule has 1 saturated carbocycles. The number of carbonyl (C=O) groups is 3. The van der Waals surface area contributed by atoms with Crippen molar-refractivity contribution in [2.75, 3.05) is 25.0 Å². The zero-order valence-corrected chi connectivity index (χ0v) is 20.4. The highest BCUT2D eigenvalue weighted by atomic mass is 32.2. The van der Waals surface area contributed by atoms with E-state index in [2.05, 4.69) is 10.6 Å². The minimum Gasteiger partial charge on any atom is -0.452 e. The van der Waals surface area contributed by atoms with Crippen LogP contribution in [-0.4, -0.2) is 56.2 Å². The quantitative estimate of drug-likeness (QED) is 0.539. The minimum atomic E-state index is -3.72. The molecular weight excluding hydrogens is 470 g/mol. The van der Waals surface area contributed by atoms with E-state index in [1.165, 1.54) is 16.4 Å². The molecule has 0 unspecified atom stereocenters. The SMILES string of the molecule is Cc1ccc(S(=O)(=O)N2CCCCC2)cc1C(=O)OCC(=O)Nc1ccccc1C(=O)NC1CC1. The minimum absolute atomic E-state index is 0.0250. The summed E-state index contributed by atoms with van der Waals surface area (Å²) in [6, 6.07) is 11.1. The molecule has 4 rings (SSSR count). The first-order chi connectivity index (χ1) is 16.8. The standard InChI is InChI=1S/C25H29N3O6S/c1-17-9-12-19(35(32,33)28-13-5-2-6-14-28)15-21(17)25(31)34-16-23(29)27-22-8-4-3-7-20(22)24(30)26-18-10-11-18/h3-4,7-9,12,15,18H,2,5-6,10-11,13-14,16H2,1H3,(H,26,30)(H,27,29). The van der Waals surface area contributed by atoms with E-state index in [0.29, 0.717) is 29.9 Å². The van der Waals surface area contributed by atoms with Crippen LogP contribution in [0.4, 0.5) is 5.69 Å². The lowest BCUT2D eigenvalue weighted by Gasteiger charge is -2.26. The fourth-order valence-electron chi connectivity index (χ4n) is 3.91. The summed E-state index contributed by atoms with van der Waals surface area (Å²) in [6.45, 7) is 2.00. The molecule has 35 heavy (non-hydrogen) atoms. The third-order valence-corrected chi connectivity index (χ3v) is 7.97. The first-order valence-corrected chi connectivity index (χ1v) is 13.2. The molecule has 186 valence electrons. The number of piperidine rings is 1. The average molecular weight is 500 g/mol. The van der Waals surface area contributed by atoms with E-state index in [0.717, 1.165) is 32.1 Å². The lowest BCUT2D eigenvalue weighted by molar-refractivity contribution is -0.119. The Morgan fingerprint density at radius 3 is 2.43 bits per heavy atom. The monoisotopic (exact) mass is 499 g/mol. The van der Waals surface area contributed by atoms with E-state index in [9.17, 15) is 22.8 Å². The Kier molecular flexibility index (Phi) is 7.51. The maximum absolute atomic E-state index is 13.0. The van der Waals surface area contributed by atoms with Gasteiger partial charge >= 0.3 is 5.97 Å². The van der Waals surface area contributed by atoms with Gasteiger partial charge in [-0.05, 0) is 62.4 Å². The van der Waals surface area contributed by atoms with Gasteiger partial charge in [0.2, 0.25) is 10.0 Å². The molecule has 0 spiro atoms. The summed E-state index contributed by atoms with van der Waals surface area (Å²) < 4.78 is 32.6. The van der Waals surface area contributed by atoms with Crippen LogP contribution in [0.5, 0.6) is 0 Å². The number of carbonyl (C=O) groups excluding carboxylic acids is 3. The average Bonchev–Trinajstić information content (AvgIpc) is 3.67. The van der Waals surface area contributed by atoms with Gasteiger partial charge in [-0.3, -0.25) is 9.59 Å². The zero-order valence-electron chi connectivity index (χ0n) is 19.6. The number of nitrogens with zero attached hydrogens (tertiary/aromatic N) is 1. The number of ether oxygens (including phenoxy) is 1. The van der Waals surface area contributed by atoms with Gasteiger partial charge in [-0.15, -0.1) is 0 Å². The molecule has 0 atom stereocenters. The summed E-state index contributed by atoms with van der Waals surface area (Å²) in [6.07, 6.45) is 4.49. The highest BCUT2D eigenvalue weighted by Gasteiger charge is 2.28. The van der Waals surface area contributed by atoms with Gasteiger partial charge in [0.1, 0.15) is 0 Å². The van der Waals surface area contributed by atoms with Crippen molar-refractivity contribution in [3.05, 3.63) is 59.2 Å². The molecule has 1 saturated heterocycles. The highest BCUT2D eigenvalue weighted by molar-refractivity contribution is 7.89. The Morgan fingerprint density at radius 2 is 1.71 bits per heavy atom. The van der Waals surface area contributed by atoms with Gasteiger partial charge in [-0.1, -0.05) is 24.6 Å². The summed E-state index contributed by atoms with van der Waals surface area (Å²) in [4.78, 5) is 37.6. The number of rotatable bonds is 8. The van der Waals surface area contributed by atoms with E-state index in [1.807, 2.05) is 0 Å². The molecule has 9 nitrogen and oxygen atoms in total. The number of esters is 1. The van der Waals surface area contributed by atoms with Gasteiger partial charge < -0.3 is 15.4 Å². The van der Waals surface area contributed by atoms with Gasteiger partial charge in [0.05, 0.1) is 21.7 Å². The fraction of sp³-hybridized carbons (Fsp3) is 0.400. The number of sulfonamides is 1. The Bertz CT molecular complexity index is 1230.